The summed E-state index contributed by atoms with van der Waals surface area (Å²) in [5, 5.41) is 20.9. The summed E-state index contributed by atoms with van der Waals surface area (Å²) in [6.45, 7) is 9.50. The van der Waals surface area contributed by atoms with Gasteiger partial charge in [0, 0.05) is 19.5 Å². The van der Waals surface area contributed by atoms with Gasteiger partial charge in [0.05, 0.1) is 12.0 Å². The Morgan fingerprint density at radius 2 is 2.06 bits per heavy atom. The van der Waals surface area contributed by atoms with Crippen molar-refractivity contribution < 1.29 is 9.90 Å². The van der Waals surface area contributed by atoms with Crippen LogP contribution in [-0.4, -0.2) is 24.2 Å². The van der Waals surface area contributed by atoms with E-state index in [0.717, 1.165) is 13.0 Å². The molecule has 1 atom stereocenters. The highest BCUT2D eigenvalue weighted by atomic mass is 16.4. The molecule has 18 heavy (non-hydrogen) atoms. The predicted molar refractivity (Wildman–Crippen MR) is 72.1 cm³/mol. The van der Waals surface area contributed by atoms with Crippen molar-refractivity contribution in [2.75, 3.05) is 13.1 Å². The summed E-state index contributed by atoms with van der Waals surface area (Å²) >= 11 is 0. The number of carboxylic acids is 1. The maximum atomic E-state index is 11.1. The molecule has 0 spiro atoms. The quantitative estimate of drug-likeness (QED) is 0.663. The molecule has 104 valence electrons. The molecule has 0 saturated carbocycles. The van der Waals surface area contributed by atoms with E-state index in [1.165, 1.54) is 0 Å². The normalized spacial score (nSPS) is 13.3. The van der Waals surface area contributed by atoms with Crippen molar-refractivity contribution in [1.82, 2.24) is 5.32 Å². The van der Waals surface area contributed by atoms with E-state index in [4.69, 9.17) is 10.4 Å². The Balaban J connectivity index is 4.06. The van der Waals surface area contributed by atoms with E-state index >= 15 is 0 Å². The lowest BCUT2D eigenvalue weighted by Crippen LogP contribution is -2.35. The average molecular weight is 254 g/mol. The minimum absolute atomic E-state index is 0.0383. The smallest absolute Gasteiger partial charge is 0.307 e. The van der Waals surface area contributed by atoms with E-state index in [0.29, 0.717) is 25.3 Å². The Bertz CT molecular complexity index is 293. The molecular weight excluding hydrogens is 228 g/mol. The first-order chi connectivity index (χ1) is 8.28. The molecular formula is C14H26N2O2. The predicted octanol–water partition coefficient (Wildman–Crippen LogP) is 2.65. The minimum atomic E-state index is -0.731. The van der Waals surface area contributed by atoms with Crippen molar-refractivity contribution in [3.05, 3.63) is 0 Å². The molecule has 0 aliphatic rings. The Morgan fingerprint density at radius 1 is 1.44 bits per heavy atom. The molecule has 0 heterocycles. The topological polar surface area (TPSA) is 73.1 Å². The first kappa shape index (κ1) is 16.9. The first-order valence-corrected chi connectivity index (χ1v) is 6.59. The summed E-state index contributed by atoms with van der Waals surface area (Å²) < 4.78 is 0. The van der Waals surface area contributed by atoms with E-state index in [2.05, 4.69) is 25.2 Å². The van der Waals surface area contributed by atoms with Crippen molar-refractivity contribution in [2.24, 2.45) is 17.3 Å². The van der Waals surface area contributed by atoms with Crippen molar-refractivity contribution in [2.45, 2.75) is 47.0 Å². The molecule has 0 bridgehead atoms. The number of hydrogen-bond donors (Lipinski definition) is 2. The Morgan fingerprint density at radius 3 is 2.50 bits per heavy atom. The number of rotatable bonds is 9. The second kappa shape index (κ2) is 8.10. The fourth-order valence-electron chi connectivity index (χ4n) is 1.91. The Hall–Kier alpha value is -1.08. The summed E-state index contributed by atoms with van der Waals surface area (Å²) in [5.74, 6) is -0.665. The molecule has 0 aromatic heterocycles. The van der Waals surface area contributed by atoms with Crippen LogP contribution < -0.4 is 5.32 Å². The van der Waals surface area contributed by atoms with Crippen molar-refractivity contribution in [3.63, 3.8) is 0 Å². The summed E-state index contributed by atoms with van der Waals surface area (Å²) in [4.78, 5) is 11.1. The van der Waals surface area contributed by atoms with Gasteiger partial charge in [-0.15, -0.1) is 0 Å². The minimum Gasteiger partial charge on any atom is -0.481 e. The summed E-state index contributed by atoms with van der Waals surface area (Å²) in [6, 6.07) is 2.15. The van der Waals surface area contributed by atoms with Gasteiger partial charge in [-0.1, -0.05) is 27.7 Å². The van der Waals surface area contributed by atoms with Crippen molar-refractivity contribution in [3.8, 4) is 6.07 Å². The van der Waals surface area contributed by atoms with Gasteiger partial charge in [-0.05, 0) is 24.2 Å². The van der Waals surface area contributed by atoms with Crippen LogP contribution in [0.2, 0.25) is 0 Å². The molecule has 0 aliphatic heterocycles. The number of carboxylic acid groups (broad SMARTS) is 1. The van der Waals surface area contributed by atoms with Crippen LogP contribution in [0.1, 0.15) is 47.0 Å². The molecule has 0 aromatic carbocycles. The average Bonchev–Trinajstić information content (AvgIpc) is 2.24. The molecule has 2 N–H and O–H groups in total. The second-order valence-corrected chi connectivity index (χ2v) is 6.12. The van der Waals surface area contributed by atoms with Crippen LogP contribution in [0.5, 0.6) is 0 Å². The van der Waals surface area contributed by atoms with Gasteiger partial charge >= 0.3 is 5.97 Å². The summed E-state index contributed by atoms with van der Waals surface area (Å²) in [7, 11) is 0. The van der Waals surface area contributed by atoms with Gasteiger partial charge in [-0.25, -0.2) is 0 Å². The highest BCUT2D eigenvalue weighted by molar-refractivity contribution is 5.70. The van der Waals surface area contributed by atoms with E-state index in [1.807, 2.05) is 13.8 Å². The summed E-state index contributed by atoms with van der Waals surface area (Å²) in [6.07, 6.45) is 2.07. The zero-order valence-electron chi connectivity index (χ0n) is 12.0. The second-order valence-electron chi connectivity index (χ2n) is 6.12. The van der Waals surface area contributed by atoms with Gasteiger partial charge in [0.2, 0.25) is 0 Å². The van der Waals surface area contributed by atoms with Crippen LogP contribution in [0.15, 0.2) is 0 Å². The molecule has 4 heteroatoms. The molecule has 0 amide bonds. The van der Waals surface area contributed by atoms with Gasteiger partial charge in [-0.2, -0.15) is 5.26 Å². The van der Waals surface area contributed by atoms with Crippen LogP contribution >= 0.6 is 0 Å². The van der Waals surface area contributed by atoms with Crippen LogP contribution in [0, 0.1) is 28.6 Å². The highest BCUT2D eigenvalue weighted by Crippen LogP contribution is 2.21. The van der Waals surface area contributed by atoms with Crippen molar-refractivity contribution >= 4 is 5.97 Å². The molecule has 1 unspecified atom stereocenters. The van der Waals surface area contributed by atoms with Gasteiger partial charge in [0.15, 0.2) is 0 Å². The van der Waals surface area contributed by atoms with Gasteiger partial charge in [0.25, 0.3) is 0 Å². The highest BCUT2D eigenvalue weighted by Gasteiger charge is 2.21. The van der Waals surface area contributed by atoms with Crippen LogP contribution in [0.3, 0.4) is 0 Å². The van der Waals surface area contributed by atoms with Crippen LogP contribution in [-0.2, 0) is 4.79 Å². The zero-order valence-corrected chi connectivity index (χ0v) is 12.0. The van der Waals surface area contributed by atoms with Crippen LogP contribution in [0.25, 0.3) is 0 Å². The van der Waals surface area contributed by atoms with Gasteiger partial charge < -0.3 is 10.4 Å². The molecule has 0 aliphatic carbocycles. The number of nitriles is 1. The number of nitrogens with one attached hydrogen (secondary N) is 1. The molecule has 0 fully saturated rings. The third-order valence-electron chi connectivity index (χ3n) is 3.01. The molecule has 0 rings (SSSR count). The number of nitrogens with zero attached hydrogens (tertiary/aromatic N) is 1. The number of carbonyl (C=O) groups is 1. The number of hydrogen-bond acceptors (Lipinski definition) is 3. The molecule has 0 radical (unpaired) electrons. The maximum Gasteiger partial charge on any atom is 0.307 e. The lowest BCUT2D eigenvalue weighted by Gasteiger charge is -2.25. The van der Waals surface area contributed by atoms with Crippen molar-refractivity contribution in [1.29, 1.82) is 5.26 Å². The van der Waals surface area contributed by atoms with Gasteiger partial charge in [0.1, 0.15) is 0 Å². The van der Waals surface area contributed by atoms with E-state index < -0.39 is 5.97 Å². The third-order valence-corrected chi connectivity index (χ3v) is 3.01. The molecule has 0 saturated heterocycles. The first-order valence-electron chi connectivity index (χ1n) is 6.59. The van der Waals surface area contributed by atoms with E-state index in [9.17, 15) is 4.79 Å². The van der Waals surface area contributed by atoms with E-state index in [-0.39, 0.29) is 11.3 Å². The SMILES string of the molecule is CC(C)CC(CNCC(C)(C)CCC#N)C(=O)O. The number of aliphatic carboxylic acids is 1. The molecule has 4 nitrogen and oxygen atoms in total. The lowest BCUT2D eigenvalue weighted by molar-refractivity contribution is -0.142. The lowest BCUT2D eigenvalue weighted by atomic mass is 9.87. The molecule has 0 aromatic rings. The fraction of sp³-hybridized carbons (Fsp3) is 0.857. The Kier molecular flexibility index (Phi) is 7.61. The van der Waals surface area contributed by atoms with E-state index in [1.54, 1.807) is 0 Å². The Labute approximate surface area is 110 Å². The maximum absolute atomic E-state index is 11.1. The summed E-state index contributed by atoms with van der Waals surface area (Å²) in [5.41, 5.74) is 0.0383. The van der Waals surface area contributed by atoms with Gasteiger partial charge in [-0.3, -0.25) is 4.79 Å². The fourth-order valence-corrected chi connectivity index (χ4v) is 1.91. The standard InChI is InChI=1S/C14H26N2O2/c1-11(2)8-12(13(17)18)9-16-10-14(3,4)6-5-7-15/h11-12,16H,5-6,8-10H2,1-4H3,(H,17,18). The zero-order chi connectivity index (χ0) is 14.2. The monoisotopic (exact) mass is 254 g/mol. The van der Waals surface area contributed by atoms with Crippen LogP contribution in [0.4, 0.5) is 0 Å². The largest absolute Gasteiger partial charge is 0.481 e. The third kappa shape index (κ3) is 8.08.